The zero-order chi connectivity index (χ0) is 16.2. The normalized spacial score (nSPS) is 10.3. The minimum absolute atomic E-state index is 0.0908. The van der Waals surface area contributed by atoms with Gasteiger partial charge in [0.05, 0.1) is 0 Å². The van der Waals surface area contributed by atoms with E-state index >= 15 is 0 Å². The molecule has 3 aromatic carbocycles. The minimum atomic E-state index is -0.0908. The molecule has 0 aliphatic carbocycles. The van der Waals surface area contributed by atoms with Gasteiger partial charge in [-0.05, 0) is 67.6 Å². The Kier molecular flexibility index (Phi) is 4.11. The molecule has 114 valence electrons. The molecule has 0 aromatic heterocycles. The third-order valence-electron chi connectivity index (χ3n) is 3.50. The van der Waals surface area contributed by atoms with Crippen LogP contribution < -0.4 is 4.74 Å². The third-order valence-corrected chi connectivity index (χ3v) is 3.50. The average Bonchev–Trinajstić information content (AvgIpc) is 2.58. The van der Waals surface area contributed by atoms with E-state index in [1.54, 1.807) is 36.4 Å². The number of hydrogen-bond donors (Lipinski definition) is 1. The van der Waals surface area contributed by atoms with Crippen molar-refractivity contribution in [1.29, 1.82) is 0 Å². The Hall–Kier alpha value is -3.07. The number of carbonyl (C=O) groups excluding carboxylic acids is 1. The molecule has 0 unspecified atom stereocenters. The zero-order valence-corrected chi connectivity index (χ0v) is 12.7. The highest BCUT2D eigenvalue weighted by Crippen LogP contribution is 2.23. The maximum atomic E-state index is 12.3. The molecule has 0 amide bonds. The Bertz CT molecular complexity index is 801. The summed E-state index contributed by atoms with van der Waals surface area (Å²) in [6, 6.07) is 21.0. The van der Waals surface area contributed by atoms with Gasteiger partial charge in [-0.25, -0.2) is 0 Å². The second-order valence-corrected chi connectivity index (χ2v) is 5.32. The predicted molar refractivity (Wildman–Crippen MR) is 89.2 cm³/mol. The minimum Gasteiger partial charge on any atom is -0.508 e. The summed E-state index contributed by atoms with van der Waals surface area (Å²) in [5, 5.41) is 9.27. The van der Waals surface area contributed by atoms with Crippen molar-refractivity contribution < 1.29 is 14.6 Å². The second-order valence-electron chi connectivity index (χ2n) is 5.32. The molecule has 0 aliphatic rings. The quantitative estimate of drug-likeness (QED) is 0.709. The highest BCUT2D eigenvalue weighted by molar-refractivity contribution is 6.09. The van der Waals surface area contributed by atoms with E-state index in [1.165, 1.54) is 17.7 Å². The van der Waals surface area contributed by atoms with E-state index in [0.29, 0.717) is 16.9 Å². The fourth-order valence-electron chi connectivity index (χ4n) is 2.20. The Morgan fingerprint density at radius 2 is 1.17 bits per heavy atom. The smallest absolute Gasteiger partial charge is 0.193 e. The van der Waals surface area contributed by atoms with Crippen molar-refractivity contribution in [1.82, 2.24) is 0 Å². The standard InChI is InChI=1S/C20H16O3/c1-14-2-10-18(11-3-14)23-19-12-6-16(7-13-19)20(22)15-4-8-17(21)9-5-15/h2-13,21H,1H3. The number of phenolic OH excluding ortho intramolecular Hbond substituents is 1. The number of phenols is 1. The van der Waals surface area contributed by atoms with Gasteiger partial charge in [-0.15, -0.1) is 0 Å². The fourth-order valence-corrected chi connectivity index (χ4v) is 2.20. The summed E-state index contributed by atoms with van der Waals surface area (Å²) in [5.41, 5.74) is 2.29. The lowest BCUT2D eigenvalue weighted by Crippen LogP contribution is -2.00. The number of ketones is 1. The highest BCUT2D eigenvalue weighted by atomic mass is 16.5. The fraction of sp³-hybridized carbons (Fsp3) is 0.0500. The maximum absolute atomic E-state index is 12.3. The monoisotopic (exact) mass is 304 g/mol. The lowest BCUT2D eigenvalue weighted by atomic mass is 10.0. The van der Waals surface area contributed by atoms with Crippen LogP contribution in [-0.4, -0.2) is 10.9 Å². The molecular weight excluding hydrogens is 288 g/mol. The summed E-state index contributed by atoms with van der Waals surface area (Å²) in [6.07, 6.45) is 0. The zero-order valence-electron chi connectivity index (χ0n) is 12.7. The Balaban J connectivity index is 1.75. The van der Waals surface area contributed by atoms with Gasteiger partial charge in [-0.2, -0.15) is 0 Å². The summed E-state index contributed by atoms with van der Waals surface area (Å²) in [5.74, 6) is 1.49. The second kappa shape index (κ2) is 6.36. The molecule has 0 fully saturated rings. The van der Waals surface area contributed by atoms with Crippen LogP contribution in [0.25, 0.3) is 0 Å². The maximum Gasteiger partial charge on any atom is 0.193 e. The van der Waals surface area contributed by atoms with Crippen LogP contribution in [0.2, 0.25) is 0 Å². The van der Waals surface area contributed by atoms with E-state index in [4.69, 9.17) is 4.74 Å². The van der Waals surface area contributed by atoms with Crippen molar-refractivity contribution in [2.45, 2.75) is 6.92 Å². The van der Waals surface area contributed by atoms with Crippen molar-refractivity contribution in [3.63, 3.8) is 0 Å². The third kappa shape index (κ3) is 3.58. The SMILES string of the molecule is Cc1ccc(Oc2ccc(C(=O)c3ccc(O)cc3)cc2)cc1. The van der Waals surface area contributed by atoms with E-state index in [2.05, 4.69) is 0 Å². The molecule has 0 saturated carbocycles. The van der Waals surface area contributed by atoms with Crippen LogP contribution >= 0.6 is 0 Å². The largest absolute Gasteiger partial charge is 0.508 e. The van der Waals surface area contributed by atoms with Crippen LogP contribution in [0.4, 0.5) is 0 Å². The van der Waals surface area contributed by atoms with Gasteiger partial charge in [0, 0.05) is 11.1 Å². The van der Waals surface area contributed by atoms with Gasteiger partial charge in [-0.3, -0.25) is 4.79 Å². The summed E-state index contributed by atoms with van der Waals surface area (Å²) in [6.45, 7) is 2.02. The van der Waals surface area contributed by atoms with Gasteiger partial charge in [0.25, 0.3) is 0 Å². The summed E-state index contributed by atoms with van der Waals surface area (Å²) < 4.78 is 5.75. The van der Waals surface area contributed by atoms with E-state index in [9.17, 15) is 9.90 Å². The van der Waals surface area contributed by atoms with Crippen LogP contribution in [-0.2, 0) is 0 Å². The number of rotatable bonds is 4. The van der Waals surface area contributed by atoms with Gasteiger partial charge < -0.3 is 9.84 Å². The van der Waals surface area contributed by atoms with E-state index < -0.39 is 0 Å². The molecule has 3 heteroatoms. The number of ether oxygens (including phenoxy) is 1. The molecule has 0 spiro atoms. The van der Waals surface area contributed by atoms with Crippen molar-refractivity contribution in [3.8, 4) is 17.2 Å². The molecular formula is C20H16O3. The number of hydrogen-bond acceptors (Lipinski definition) is 3. The van der Waals surface area contributed by atoms with Crippen molar-refractivity contribution in [2.75, 3.05) is 0 Å². The van der Waals surface area contributed by atoms with Gasteiger partial charge in [0.1, 0.15) is 17.2 Å². The van der Waals surface area contributed by atoms with Crippen LogP contribution in [0, 0.1) is 6.92 Å². The molecule has 0 aliphatic heterocycles. The summed E-state index contributed by atoms with van der Waals surface area (Å²) in [7, 11) is 0. The van der Waals surface area contributed by atoms with E-state index in [-0.39, 0.29) is 11.5 Å². The molecule has 0 heterocycles. The predicted octanol–water partition coefficient (Wildman–Crippen LogP) is 4.72. The first-order chi connectivity index (χ1) is 11.1. The molecule has 0 atom stereocenters. The summed E-state index contributed by atoms with van der Waals surface area (Å²) >= 11 is 0. The van der Waals surface area contributed by atoms with Crippen LogP contribution in [0.5, 0.6) is 17.2 Å². The highest BCUT2D eigenvalue weighted by Gasteiger charge is 2.09. The van der Waals surface area contributed by atoms with Gasteiger partial charge >= 0.3 is 0 Å². The number of aryl methyl sites for hydroxylation is 1. The number of aromatic hydroxyl groups is 1. The van der Waals surface area contributed by atoms with Gasteiger partial charge in [0.2, 0.25) is 0 Å². The molecule has 3 aromatic rings. The molecule has 23 heavy (non-hydrogen) atoms. The number of benzene rings is 3. The van der Waals surface area contributed by atoms with Crippen molar-refractivity contribution in [2.24, 2.45) is 0 Å². The Labute approximate surface area is 134 Å². The first kappa shape index (κ1) is 14.9. The molecule has 3 rings (SSSR count). The van der Waals surface area contributed by atoms with Crippen molar-refractivity contribution in [3.05, 3.63) is 89.5 Å². The first-order valence-electron chi connectivity index (χ1n) is 7.30. The molecule has 0 saturated heterocycles. The first-order valence-corrected chi connectivity index (χ1v) is 7.30. The molecule has 3 nitrogen and oxygen atoms in total. The average molecular weight is 304 g/mol. The lowest BCUT2D eigenvalue weighted by molar-refractivity contribution is 0.103. The van der Waals surface area contributed by atoms with Gasteiger partial charge in [-0.1, -0.05) is 17.7 Å². The Morgan fingerprint density at radius 1 is 0.739 bits per heavy atom. The summed E-state index contributed by atoms with van der Waals surface area (Å²) in [4.78, 5) is 12.3. The Morgan fingerprint density at radius 3 is 1.70 bits per heavy atom. The number of carbonyl (C=O) groups is 1. The topological polar surface area (TPSA) is 46.5 Å². The van der Waals surface area contributed by atoms with Gasteiger partial charge in [0.15, 0.2) is 5.78 Å². The molecule has 0 bridgehead atoms. The lowest BCUT2D eigenvalue weighted by Gasteiger charge is -2.07. The molecule has 1 N–H and O–H groups in total. The van der Waals surface area contributed by atoms with Crippen molar-refractivity contribution >= 4 is 5.78 Å². The van der Waals surface area contributed by atoms with E-state index in [0.717, 1.165) is 5.75 Å². The van der Waals surface area contributed by atoms with Crippen LogP contribution in [0.1, 0.15) is 21.5 Å². The van der Waals surface area contributed by atoms with Crippen LogP contribution in [0.3, 0.4) is 0 Å². The molecule has 0 radical (unpaired) electrons. The van der Waals surface area contributed by atoms with Crippen LogP contribution in [0.15, 0.2) is 72.8 Å². The van der Waals surface area contributed by atoms with E-state index in [1.807, 2.05) is 31.2 Å².